The third-order valence-electron chi connectivity index (χ3n) is 5.20. The van der Waals surface area contributed by atoms with Crippen molar-refractivity contribution in [3.05, 3.63) is 52.9 Å². The molecule has 0 radical (unpaired) electrons. The van der Waals surface area contributed by atoms with Crippen molar-refractivity contribution in [2.75, 3.05) is 19.8 Å². The lowest BCUT2D eigenvalue weighted by Gasteiger charge is -2.12. The second kappa shape index (κ2) is 10.6. The van der Waals surface area contributed by atoms with Crippen molar-refractivity contribution in [1.82, 2.24) is 25.1 Å². The van der Waals surface area contributed by atoms with Crippen LogP contribution in [-0.4, -0.2) is 55.8 Å². The highest BCUT2D eigenvalue weighted by Gasteiger charge is 2.15. The fourth-order valence-electron chi connectivity index (χ4n) is 3.46. The van der Waals surface area contributed by atoms with Crippen LogP contribution in [0, 0.1) is 13.8 Å². The van der Waals surface area contributed by atoms with E-state index in [-0.39, 0.29) is 19.8 Å². The van der Waals surface area contributed by atoms with E-state index in [1.807, 2.05) is 42.0 Å². The summed E-state index contributed by atoms with van der Waals surface area (Å²) in [5.41, 5.74) is 2.73. The van der Waals surface area contributed by atoms with Gasteiger partial charge < -0.3 is 29.6 Å². The smallest absolute Gasteiger partial charge is 0.412 e. The van der Waals surface area contributed by atoms with Gasteiger partial charge in [0.2, 0.25) is 0 Å². The van der Waals surface area contributed by atoms with E-state index >= 15 is 0 Å². The number of aliphatic hydroxyl groups is 2. The molecule has 0 aliphatic carbocycles. The fourth-order valence-corrected chi connectivity index (χ4v) is 4.44. The topological polar surface area (TPSA) is 132 Å². The molecule has 4 rings (SSSR count). The Bertz CT molecular complexity index is 1300. The van der Waals surface area contributed by atoms with Crippen molar-refractivity contribution in [1.29, 1.82) is 0 Å². The number of amides is 1. The molecule has 0 fully saturated rings. The molecule has 34 heavy (non-hydrogen) atoms. The van der Waals surface area contributed by atoms with Crippen LogP contribution in [0.1, 0.15) is 17.0 Å². The molecular weight excluding hydrogens is 458 g/mol. The minimum Gasteiger partial charge on any atom is -0.489 e. The van der Waals surface area contributed by atoms with E-state index in [0.29, 0.717) is 30.5 Å². The Labute approximate surface area is 199 Å². The van der Waals surface area contributed by atoms with Crippen molar-refractivity contribution in [2.24, 2.45) is 0 Å². The highest BCUT2D eigenvalue weighted by Crippen LogP contribution is 2.34. The van der Waals surface area contributed by atoms with E-state index in [1.54, 1.807) is 6.20 Å². The summed E-state index contributed by atoms with van der Waals surface area (Å²) in [4.78, 5) is 16.1. The fraction of sp³-hybridized carbons (Fsp3) is 0.304. The number of rotatable bonds is 9. The molecule has 3 heterocycles. The number of nitrogens with one attached hydrogen (secondary N) is 1. The van der Waals surface area contributed by atoms with Crippen molar-refractivity contribution in [2.45, 2.75) is 27.0 Å². The Hall–Kier alpha value is -3.54. The number of ether oxygens (including phenoxy) is 2. The van der Waals surface area contributed by atoms with Crippen LogP contribution in [0.15, 0.2) is 36.0 Å². The number of carbonyl (C=O) groups excluding carboxylic acids is 1. The number of aromatic nitrogens is 4. The third kappa shape index (κ3) is 5.01. The minimum absolute atomic E-state index is 0.00480. The number of benzene rings is 1. The maximum atomic E-state index is 11.9. The zero-order valence-corrected chi connectivity index (χ0v) is 19.6. The zero-order chi connectivity index (χ0) is 24.1. The van der Waals surface area contributed by atoms with E-state index in [1.165, 1.54) is 17.5 Å². The van der Waals surface area contributed by atoms with Gasteiger partial charge in [-0.05, 0) is 30.9 Å². The van der Waals surface area contributed by atoms with Crippen LogP contribution in [0.2, 0.25) is 0 Å². The molecule has 11 heteroatoms. The molecule has 0 saturated heterocycles. The Morgan fingerprint density at radius 1 is 1.15 bits per heavy atom. The normalized spacial score (nSPS) is 11.1. The maximum Gasteiger partial charge on any atom is 0.412 e. The predicted molar refractivity (Wildman–Crippen MR) is 127 cm³/mol. The summed E-state index contributed by atoms with van der Waals surface area (Å²) in [5, 5.41) is 31.8. The maximum absolute atomic E-state index is 11.9. The zero-order valence-electron chi connectivity index (χ0n) is 18.8. The van der Waals surface area contributed by atoms with Gasteiger partial charge in [-0.25, -0.2) is 4.79 Å². The summed E-state index contributed by atoms with van der Waals surface area (Å²) in [6.07, 6.45) is 2.55. The first-order valence-electron chi connectivity index (χ1n) is 10.7. The number of hydrogen-bond donors (Lipinski definition) is 3. The third-order valence-corrected chi connectivity index (χ3v) is 6.26. The summed E-state index contributed by atoms with van der Waals surface area (Å²) in [6, 6.07) is 5.83. The number of aliphatic hydroxyl groups excluding tert-OH is 2. The van der Waals surface area contributed by atoms with Gasteiger partial charge in [0.15, 0.2) is 11.6 Å². The van der Waals surface area contributed by atoms with Gasteiger partial charge in [-0.2, -0.15) is 0 Å². The monoisotopic (exact) mass is 483 g/mol. The number of carbonyl (C=O) groups is 1. The van der Waals surface area contributed by atoms with Crippen LogP contribution in [0.5, 0.6) is 11.5 Å². The predicted octanol–water partition coefficient (Wildman–Crippen LogP) is 2.82. The molecule has 1 aromatic carbocycles. The molecule has 0 unspecified atom stereocenters. The molecule has 3 aromatic heterocycles. The van der Waals surface area contributed by atoms with Crippen LogP contribution in [0.4, 0.5) is 4.79 Å². The Kier molecular flexibility index (Phi) is 7.36. The van der Waals surface area contributed by atoms with Gasteiger partial charge in [0.25, 0.3) is 0 Å². The lowest BCUT2D eigenvalue weighted by Crippen LogP contribution is -2.29. The van der Waals surface area contributed by atoms with E-state index in [9.17, 15) is 9.90 Å². The molecule has 178 valence electrons. The molecule has 1 amide bonds. The lowest BCUT2D eigenvalue weighted by atomic mass is 10.1. The van der Waals surface area contributed by atoms with Crippen LogP contribution in [0.25, 0.3) is 21.5 Å². The standard InChI is InChI=1S/C23H25N5O5S/c1-14-3-4-16(22-27-26-15(2)28(22)6-8-30)9-19(14)32-12-17-13-34-21-18(17)10-24-11-20(21)33-23(31)25-5-7-29/h3-4,9-11,13,29-30H,5-8,12H2,1-2H3,(H,25,31). The number of fused-ring (bicyclic) bond motifs is 1. The number of thiophene rings is 1. The molecule has 0 aliphatic rings. The van der Waals surface area contributed by atoms with E-state index < -0.39 is 6.09 Å². The summed E-state index contributed by atoms with van der Waals surface area (Å²) in [5.74, 6) is 2.45. The molecule has 4 aromatic rings. The largest absolute Gasteiger partial charge is 0.489 e. The van der Waals surface area contributed by atoms with E-state index in [4.69, 9.17) is 14.6 Å². The average Bonchev–Trinajstić information content (AvgIpc) is 3.42. The van der Waals surface area contributed by atoms with Gasteiger partial charge >= 0.3 is 6.09 Å². The summed E-state index contributed by atoms with van der Waals surface area (Å²) in [6.45, 7) is 4.46. The van der Waals surface area contributed by atoms with Gasteiger partial charge in [0.05, 0.1) is 24.1 Å². The Balaban J connectivity index is 1.54. The molecular formula is C23H25N5O5S. The van der Waals surface area contributed by atoms with Crippen molar-refractivity contribution < 1.29 is 24.5 Å². The first kappa shape index (κ1) is 23.6. The summed E-state index contributed by atoms with van der Waals surface area (Å²) >= 11 is 1.44. The molecule has 0 aliphatic heterocycles. The average molecular weight is 484 g/mol. The van der Waals surface area contributed by atoms with Gasteiger partial charge in [0.1, 0.15) is 18.2 Å². The van der Waals surface area contributed by atoms with Crippen molar-refractivity contribution in [3.8, 4) is 22.9 Å². The molecule has 0 bridgehead atoms. The Morgan fingerprint density at radius 2 is 2.00 bits per heavy atom. The number of hydrogen-bond acceptors (Lipinski definition) is 9. The van der Waals surface area contributed by atoms with Crippen LogP contribution >= 0.6 is 11.3 Å². The molecule has 3 N–H and O–H groups in total. The van der Waals surface area contributed by atoms with Crippen molar-refractivity contribution >= 4 is 27.5 Å². The highest BCUT2D eigenvalue weighted by atomic mass is 32.1. The van der Waals surface area contributed by atoms with Crippen molar-refractivity contribution in [3.63, 3.8) is 0 Å². The number of nitrogens with zero attached hydrogens (tertiary/aromatic N) is 4. The second-order valence-corrected chi connectivity index (χ2v) is 8.41. The van der Waals surface area contributed by atoms with Gasteiger partial charge in [-0.1, -0.05) is 12.1 Å². The van der Waals surface area contributed by atoms with Crippen LogP contribution in [-0.2, 0) is 13.2 Å². The first-order chi connectivity index (χ1) is 16.5. The van der Waals surface area contributed by atoms with E-state index in [0.717, 1.165) is 32.6 Å². The van der Waals surface area contributed by atoms with Crippen LogP contribution < -0.4 is 14.8 Å². The van der Waals surface area contributed by atoms with Gasteiger partial charge in [0, 0.05) is 35.8 Å². The lowest BCUT2D eigenvalue weighted by molar-refractivity contribution is 0.196. The van der Waals surface area contributed by atoms with Crippen LogP contribution in [0.3, 0.4) is 0 Å². The van der Waals surface area contributed by atoms with Gasteiger partial charge in [-0.15, -0.1) is 21.5 Å². The molecule has 0 atom stereocenters. The van der Waals surface area contributed by atoms with E-state index in [2.05, 4.69) is 20.5 Å². The SMILES string of the molecule is Cc1ccc(-c2nnc(C)n2CCO)cc1OCc1csc2c(OC(=O)NCCO)cncc12. The summed E-state index contributed by atoms with van der Waals surface area (Å²) < 4.78 is 14.1. The number of pyridine rings is 1. The molecule has 10 nitrogen and oxygen atoms in total. The Morgan fingerprint density at radius 3 is 2.79 bits per heavy atom. The minimum atomic E-state index is -0.647. The molecule has 0 spiro atoms. The van der Waals surface area contributed by atoms with Gasteiger partial charge in [-0.3, -0.25) is 4.98 Å². The second-order valence-electron chi connectivity index (χ2n) is 7.53. The first-order valence-corrected chi connectivity index (χ1v) is 11.5. The molecule has 0 saturated carbocycles. The summed E-state index contributed by atoms with van der Waals surface area (Å²) in [7, 11) is 0. The highest BCUT2D eigenvalue weighted by molar-refractivity contribution is 7.17. The number of aryl methyl sites for hydroxylation is 2. The quantitative estimate of drug-likeness (QED) is 0.331.